The molecule has 4 rings (SSSR count). The quantitative estimate of drug-likeness (QED) is 0.750. The minimum absolute atomic E-state index is 0.203. The summed E-state index contributed by atoms with van der Waals surface area (Å²) in [6.45, 7) is 0.258. The summed E-state index contributed by atoms with van der Waals surface area (Å²) in [5.41, 5.74) is 1.26. The number of nitrogens with one attached hydrogen (secondary N) is 2. The lowest BCUT2D eigenvalue weighted by molar-refractivity contribution is 0.0944. The normalized spacial score (nSPS) is 13.8. The second kappa shape index (κ2) is 5.84. The van der Waals surface area contributed by atoms with E-state index in [1.54, 1.807) is 12.1 Å². The van der Waals surface area contributed by atoms with Crippen LogP contribution >= 0.6 is 0 Å². The van der Waals surface area contributed by atoms with Gasteiger partial charge in [-0.05, 0) is 25.0 Å². The lowest BCUT2D eigenvalue weighted by Crippen LogP contribution is -2.23. The Labute approximate surface area is 137 Å². The molecule has 0 unspecified atom stereocenters. The largest absolute Gasteiger partial charge is 0.361 e. The van der Waals surface area contributed by atoms with E-state index < -0.39 is 0 Å². The number of para-hydroxylation sites is 1. The first kappa shape index (κ1) is 14.5. The van der Waals surface area contributed by atoms with Crippen molar-refractivity contribution in [2.75, 3.05) is 0 Å². The van der Waals surface area contributed by atoms with Crippen molar-refractivity contribution in [2.24, 2.45) is 0 Å². The van der Waals surface area contributed by atoms with E-state index >= 15 is 0 Å². The number of hydrogen-bond donors (Lipinski definition) is 2. The zero-order valence-corrected chi connectivity index (χ0v) is 12.9. The molecule has 0 bridgehead atoms. The number of rotatable bonds is 5. The molecule has 1 aromatic carbocycles. The van der Waals surface area contributed by atoms with Crippen molar-refractivity contribution in [2.45, 2.75) is 25.3 Å². The number of amides is 1. The number of benzene rings is 1. The van der Waals surface area contributed by atoms with Crippen LogP contribution < -0.4 is 10.9 Å². The molecule has 0 radical (unpaired) electrons. The number of nitrogens with zero attached hydrogens (tertiary/aromatic N) is 2. The highest BCUT2D eigenvalue weighted by molar-refractivity contribution is 5.92. The Balaban J connectivity index is 1.45. The molecule has 0 saturated heterocycles. The van der Waals surface area contributed by atoms with Crippen LogP contribution in [0.3, 0.4) is 0 Å². The third kappa shape index (κ3) is 2.88. The fourth-order valence-electron chi connectivity index (χ4n) is 2.52. The molecule has 0 spiro atoms. The molecule has 1 aliphatic carbocycles. The Kier molecular flexibility index (Phi) is 3.53. The molecule has 122 valence electrons. The van der Waals surface area contributed by atoms with E-state index in [-0.39, 0.29) is 23.7 Å². The van der Waals surface area contributed by atoms with Crippen molar-refractivity contribution in [3.63, 3.8) is 0 Å². The maximum atomic E-state index is 12.2. The van der Waals surface area contributed by atoms with Gasteiger partial charge in [0.2, 0.25) is 0 Å². The molecule has 3 aromatic rings. The molecule has 2 N–H and O–H groups in total. The molecule has 1 amide bonds. The number of aromatic amines is 1. The first-order valence-corrected chi connectivity index (χ1v) is 7.82. The van der Waals surface area contributed by atoms with Gasteiger partial charge >= 0.3 is 0 Å². The summed E-state index contributed by atoms with van der Waals surface area (Å²) in [6.07, 6.45) is 2.27. The van der Waals surface area contributed by atoms with Crippen LogP contribution in [0.15, 0.2) is 51.8 Å². The Morgan fingerprint density at radius 2 is 2.08 bits per heavy atom. The van der Waals surface area contributed by atoms with E-state index in [0.717, 1.165) is 18.6 Å². The van der Waals surface area contributed by atoms with Crippen molar-refractivity contribution >= 4 is 5.91 Å². The maximum absolute atomic E-state index is 12.2. The fourth-order valence-corrected chi connectivity index (χ4v) is 2.52. The molecule has 24 heavy (non-hydrogen) atoms. The average molecular weight is 324 g/mol. The van der Waals surface area contributed by atoms with Gasteiger partial charge in [-0.2, -0.15) is 0 Å². The SMILES string of the molecule is O=C(NCc1cc(C2CC2)on1)c1cc(=O)n(-c2ccccc2)[nH]1. The first-order chi connectivity index (χ1) is 11.7. The second-order valence-electron chi connectivity index (χ2n) is 5.86. The van der Waals surface area contributed by atoms with Gasteiger partial charge in [-0.25, -0.2) is 4.68 Å². The summed E-state index contributed by atoms with van der Waals surface area (Å²) >= 11 is 0. The van der Waals surface area contributed by atoms with E-state index in [1.165, 1.54) is 10.7 Å². The van der Waals surface area contributed by atoms with Gasteiger partial charge < -0.3 is 9.84 Å². The first-order valence-electron chi connectivity index (χ1n) is 7.82. The van der Waals surface area contributed by atoms with Crippen LogP contribution in [0.25, 0.3) is 5.69 Å². The van der Waals surface area contributed by atoms with Crippen LogP contribution in [0.5, 0.6) is 0 Å². The lowest BCUT2D eigenvalue weighted by Gasteiger charge is -2.02. The van der Waals surface area contributed by atoms with Crippen molar-refractivity contribution in [3.8, 4) is 5.69 Å². The van der Waals surface area contributed by atoms with Crippen molar-refractivity contribution < 1.29 is 9.32 Å². The monoisotopic (exact) mass is 324 g/mol. The van der Waals surface area contributed by atoms with Gasteiger partial charge in [0.15, 0.2) is 0 Å². The summed E-state index contributed by atoms with van der Waals surface area (Å²) in [7, 11) is 0. The van der Waals surface area contributed by atoms with E-state index in [4.69, 9.17) is 4.52 Å². The minimum Gasteiger partial charge on any atom is -0.361 e. The van der Waals surface area contributed by atoms with Crippen LogP contribution in [-0.2, 0) is 6.54 Å². The molecule has 0 atom stereocenters. The van der Waals surface area contributed by atoms with Gasteiger partial charge in [0.05, 0.1) is 12.2 Å². The third-order valence-electron chi connectivity index (χ3n) is 3.97. The zero-order chi connectivity index (χ0) is 16.5. The molecule has 0 aliphatic heterocycles. The second-order valence-corrected chi connectivity index (χ2v) is 5.86. The molecule has 7 heteroatoms. The van der Waals surface area contributed by atoms with Gasteiger partial charge in [-0.3, -0.25) is 14.7 Å². The van der Waals surface area contributed by atoms with Crippen LogP contribution in [0.2, 0.25) is 0 Å². The summed E-state index contributed by atoms with van der Waals surface area (Å²) in [6, 6.07) is 12.2. The number of H-pyrrole nitrogens is 1. The van der Waals surface area contributed by atoms with Crippen LogP contribution in [0.1, 0.15) is 40.7 Å². The number of aromatic nitrogens is 3. The number of carbonyl (C=O) groups excluding carboxylic acids is 1. The van der Waals surface area contributed by atoms with Crippen molar-refractivity contribution in [1.82, 2.24) is 20.3 Å². The minimum atomic E-state index is -0.363. The van der Waals surface area contributed by atoms with Gasteiger partial charge in [0, 0.05) is 18.1 Å². The smallest absolute Gasteiger partial charge is 0.271 e. The highest BCUT2D eigenvalue weighted by Crippen LogP contribution is 2.40. The number of hydrogen-bond acceptors (Lipinski definition) is 4. The maximum Gasteiger partial charge on any atom is 0.271 e. The highest BCUT2D eigenvalue weighted by atomic mass is 16.5. The Bertz CT molecular complexity index is 919. The Morgan fingerprint density at radius 3 is 2.83 bits per heavy atom. The number of carbonyl (C=O) groups is 1. The lowest BCUT2D eigenvalue weighted by atomic mass is 10.3. The molecular weight excluding hydrogens is 308 g/mol. The molecule has 2 heterocycles. The third-order valence-corrected chi connectivity index (χ3v) is 3.97. The van der Waals surface area contributed by atoms with Crippen molar-refractivity contribution in [1.29, 1.82) is 0 Å². The van der Waals surface area contributed by atoms with Gasteiger partial charge in [-0.15, -0.1) is 0 Å². The predicted octanol–water partition coefficient (Wildman–Crippen LogP) is 1.96. The molecule has 1 fully saturated rings. The Morgan fingerprint density at radius 1 is 1.29 bits per heavy atom. The topological polar surface area (TPSA) is 92.9 Å². The summed E-state index contributed by atoms with van der Waals surface area (Å²) < 4.78 is 6.57. The summed E-state index contributed by atoms with van der Waals surface area (Å²) in [4.78, 5) is 24.2. The van der Waals surface area contributed by atoms with Crippen LogP contribution in [0, 0.1) is 0 Å². The fraction of sp³-hybridized carbons (Fsp3) is 0.235. The summed E-state index contributed by atoms with van der Waals surface area (Å²) in [5, 5.41) is 9.50. The predicted molar refractivity (Wildman–Crippen MR) is 86.0 cm³/mol. The molecule has 1 aliphatic rings. The molecule has 7 nitrogen and oxygen atoms in total. The van der Waals surface area contributed by atoms with Crippen LogP contribution in [0.4, 0.5) is 0 Å². The van der Waals surface area contributed by atoms with Gasteiger partial charge in [0.1, 0.15) is 17.1 Å². The average Bonchev–Trinajstić information content (AvgIpc) is 3.22. The molecule has 1 saturated carbocycles. The van der Waals surface area contributed by atoms with E-state index in [0.29, 0.717) is 17.3 Å². The Hall–Kier alpha value is -3.09. The zero-order valence-electron chi connectivity index (χ0n) is 12.9. The van der Waals surface area contributed by atoms with Crippen molar-refractivity contribution in [3.05, 3.63) is 70.0 Å². The van der Waals surface area contributed by atoms with E-state index in [9.17, 15) is 9.59 Å². The van der Waals surface area contributed by atoms with E-state index in [1.807, 2.05) is 24.3 Å². The van der Waals surface area contributed by atoms with E-state index in [2.05, 4.69) is 15.6 Å². The van der Waals surface area contributed by atoms with Gasteiger partial charge in [0.25, 0.3) is 11.5 Å². The highest BCUT2D eigenvalue weighted by Gasteiger charge is 2.27. The summed E-state index contributed by atoms with van der Waals surface area (Å²) in [5.74, 6) is 0.999. The standard InChI is InChI=1S/C17H16N4O3/c22-16-9-14(19-21(16)13-4-2-1-3-5-13)17(23)18-10-12-8-15(24-20-12)11-6-7-11/h1-5,8-9,11,19H,6-7,10H2,(H,18,23). The molecular formula is C17H16N4O3. The molecule has 2 aromatic heterocycles. The van der Waals surface area contributed by atoms with Gasteiger partial charge in [-0.1, -0.05) is 23.4 Å². The van der Waals surface area contributed by atoms with Crippen LogP contribution in [-0.4, -0.2) is 20.8 Å².